The van der Waals surface area contributed by atoms with E-state index in [1.54, 1.807) is 0 Å². The standard InChI is InChI=1S/C10H18N2O.C2H6/c1-8-2-4-9(11)10(5-3-8)12-6-7-13;1-2/h4-5,8,12-13H,2-3,6-7,11H2,1H3;1-2H3. The predicted octanol–water partition coefficient (Wildman–Crippen LogP) is 1.75. The second kappa shape index (κ2) is 8.36. The smallest absolute Gasteiger partial charge is 0.0604 e. The first kappa shape index (κ1) is 14.0. The first-order valence-corrected chi connectivity index (χ1v) is 5.75. The van der Waals surface area contributed by atoms with Crippen LogP contribution in [0, 0.1) is 5.92 Å². The quantitative estimate of drug-likeness (QED) is 0.668. The summed E-state index contributed by atoms with van der Waals surface area (Å²) in [6.07, 6.45) is 6.24. The van der Waals surface area contributed by atoms with Crippen LogP contribution in [0.5, 0.6) is 0 Å². The minimum Gasteiger partial charge on any atom is -0.397 e. The summed E-state index contributed by atoms with van der Waals surface area (Å²) >= 11 is 0. The van der Waals surface area contributed by atoms with Crippen molar-refractivity contribution in [1.82, 2.24) is 5.32 Å². The molecule has 3 nitrogen and oxygen atoms in total. The molecule has 88 valence electrons. The Morgan fingerprint density at radius 2 is 2.00 bits per heavy atom. The maximum atomic E-state index is 8.66. The van der Waals surface area contributed by atoms with Crippen LogP contribution in [0.1, 0.15) is 33.6 Å². The minimum atomic E-state index is 0.139. The molecule has 1 aliphatic carbocycles. The molecular formula is C12H24N2O. The number of nitrogens with one attached hydrogen (secondary N) is 1. The Balaban J connectivity index is 0.000000921. The molecule has 0 amide bonds. The van der Waals surface area contributed by atoms with E-state index >= 15 is 0 Å². The van der Waals surface area contributed by atoms with Gasteiger partial charge >= 0.3 is 0 Å². The van der Waals surface area contributed by atoms with Crippen molar-refractivity contribution < 1.29 is 5.11 Å². The fourth-order valence-corrected chi connectivity index (χ4v) is 1.34. The Kier molecular flexibility index (Phi) is 7.82. The number of nitrogens with two attached hydrogens (primary N) is 1. The molecule has 0 bridgehead atoms. The van der Waals surface area contributed by atoms with Gasteiger partial charge in [-0.15, -0.1) is 0 Å². The van der Waals surface area contributed by atoms with E-state index in [1.165, 1.54) is 0 Å². The molecule has 0 saturated carbocycles. The van der Waals surface area contributed by atoms with Gasteiger partial charge in [0, 0.05) is 6.54 Å². The van der Waals surface area contributed by atoms with Crippen molar-refractivity contribution in [3.05, 3.63) is 23.5 Å². The number of aliphatic hydroxyl groups is 1. The Morgan fingerprint density at radius 1 is 1.40 bits per heavy atom. The lowest BCUT2D eigenvalue weighted by Crippen LogP contribution is -2.21. The van der Waals surface area contributed by atoms with Crippen molar-refractivity contribution in [1.29, 1.82) is 0 Å². The van der Waals surface area contributed by atoms with Crippen LogP contribution in [0.4, 0.5) is 0 Å². The Labute approximate surface area is 93.1 Å². The lowest BCUT2D eigenvalue weighted by Gasteiger charge is -2.08. The van der Waals surface area contributed by atoms with E-state index in [9.17, 15) is 0 Å². The molecule has 0 saturated heterocycles. The number of allylic oxidation sites excluding steroid dienone is 2. The molecule has 1 rings (SSSR count). The summed E-state index contributed by atoms with van der Waals surface area (Å²) in [5.74, 6) is 0.659. The molecule has 1 aliphatic rings. The zero-order chi connectivity index (χ0) is 11.7. The van der Waals surface area contributed by atoms with E-state index in [-0.39, 0.29) is 6.61 Å². The number of hydrogen-bond acceptors (Lipinski definition) is 3. The van der Waals surface area contributed by atoms with Crippen molar-refractivity contribution in [2.45, 2.75) is 33.6 Å². The third-order valence-corrected chi connectivity index (χ3v) is 2.20. The highest BCUT2D eigenvalue weighted by molar-refractivity contribution is 5.28. The number of rotatable bonds is 3. The molecule has 0 aromatic heterocycles. The normalized spacial score (nSPS) is 20.4. The van der Waals surface area contributed by atoms with Crippen LogP contribution in [0.15, 0.2) is 23.5 Å². The molecule has 0 fully saturated rings. The average Bonchev–Trinajstić information content (AvgIpc) is 2.43. The first-order valence-electron chi connectivity index (χ1n) is 5.75. The number of hydrogen-bond donors (Lipinski definition) is 3. The summed E-state index contributed by atoms with van der Waals surface area (Å²) < 4.78 is 0. The topological polar surface area (TPSA) is 58.3 Å². The first-order chi connectivity index (χ1) is 7.24. The fraction of sp³-hybridized carbons (Fsp3) is 0.667. The molecule has 0 radical (unpaired) electrons. The lowest BCUT2D eigenvalue weighted by atomic mass is 10.1. The predicted molar refractivity (Wildman–Crippen MR) is 65.2 cm³/mol. The maximum Gasteiger partial charge on any atom is 0.0604 e. The van der Waals surface area contributed by atoms with E-state index in [0.717, 1.165) is 24.2 Å². The zero-order valence-corrected chi connectivity index (χ0v) is 10.1. The van der Waals surface area contributed by atoms with Crippen molar-refractivity contribution in [2.75, 3.05) is 13.2 Å². The summed E-state index contributed by atoms with van der Waals surface area (Å²) in [5, 5.41) is 11.8. The second-order valence-electron chi connectivity index (χ2n) is 3.50. The zero-order valence-electron chi connectivity index (χ0n) is 10.1. The highest BCUT2D eigenvalue weighted by atomic mass is 16.3. The van der Waals surface area contributed by atoms with Gasteiger partial charge in [0.05, 0.1) is 18.0 Å². The van der Waals surface area contributed by atoms with Crippen LogP contribution >= 0.6 is 0 Å². The number of aliphatic hydroxyl groups excluding tert-OH is 1. The largest absolute Gasteiger partial charge is 0.397 e. The molecule has 0 heterocycles. The van der Waals surface area contributed by atoms with Gasteiger partial charge in [-0.05, 0) is 18.8 Å². The van der Waals surface area contributed by atoms with Gasteiger partial charge in [-0.25, -0.2) is 0 Å². The lowest BCUT2D eigenvalue weighted by molar-refractivity contribution is 0.297. The summed E-state index contributed by atoms with van der Waals surface area (Å²) in [5.41, 5.74) is 7.60. The third-order valence-electron chi connectivity index (χ3n) is 2.20. The van der Waals surface area contributed by atoms with Crippen molar-refractivity contribution in [3.8, 4) is 0 Å². The second-order valence-corrected chi connectivity index (χ2v) is 3.50. The summed E-state index contributed by atoms with van der Waals surface area (Å²) in [6, 6.07) is 0. The Bertz CT molecular complexity index is 222. The van der Waals surface area contributed by atoms with Gasteiger partial charge in [-0.3, -0.25) is 0 Å². The van der Waals surface area contributed by atoms with Gasteiger partial charge in [0.15, 0.2) is 0 Å². The summed E-state index contributed by atoms with van der Waals surface area (Å²) in [6.45, 7) is 6.91. The molecule has 0 aromatic carbocycles. The van der Waals surface area contributed by atoms with Gasteiger partial charge in [0.1, 0.15) is 0 Å². The van der Waals surface area contributed by atoms with E-state index < -0.39 is 0 Å². The van der Waals surface area contributed by atoms with Gasteiger partial charge in [0.2, 0.25) is 0 Å². The molecule has 0 spiro atoms. The van der Waals surface area contributed by atoms with E-state index in [2.05, 4.69) is 18.3 Å². The molecule has 15 heavy (non-hydrogen) atoms. The molecule has 1 unspecified atom stereocenters. The minimum absolute atomic E-state index is 0.139. The van der Waals surface area contributed by atoms with Crippen molar-refractivity contribution in [2.24, 2.45) is 11.7 Å². The molecule has 0 aliphatic heterocycles. The SMILES string of the molecule is CC.CC1CC=C(N)C(NCCO)=CC1. The van der Waals surface area contributed by atoms with Gasteiger partial charge in [0.25, 0.3) is 0 Å². The summed E-state index contributed by atoms with van der Waals surface area (Å²) in [7, 11) is 0. The third kappa shape index (κ3) is 5.47. The molecular weight excluding hydrogens is 188 g/mol. The van der Waals surface area contributed by atoms with E-state index in [0.29, 0.717) is 12.5 Å². The van der Waals surface area contributed by atoms with Crippen LogP contribution in [-0.2, 0) is 0 Å². The van der Waals surface area contributed by atoms with Gasteiger partial charge in [-0.2, -0.15) is 0 Å². The molecule has 4 N–H and O–H groups in total. The maximum absolute atomic E-state index is 8.66. The average molecular weight is 212 g/mol. The van der Waals surface area contributed by atoms with Crippen LogP contribution in [0.25, 0.3) is 0 Å². The Hall–Kier alpha value is -0.960. The fourth-order valence-electron chi connectivity index (χ4n) is 1.34. The molecule has 3 heteroatoms. The van der Waals surface area contributed by atoms with Crippen LogP contribution in [-0.4, -0.2) is 18.3 Å². The van der Waals surface area contributed by atoms with Crippen LogP contribution in [0.3, 0.4) is 0 Å². The van der Waals surface area contributed by atoms with Crippen LogP contribution in [0.2, 0.25) is 0 Å². The van der Waals surface area contributed by atoms with Crippen LogP contribution < -0.4 is 11.1 Å². The van der Waals surface area contributed by atoms with Gasteiger partial charge < -0.3 is 16.2 Å². The Morgan fingerprint density at radius 3 is 2.60 bits per heavy atom. The highest BCUT2D eigenvalue weighted by Gasteiger charge is 2.07. The van der Waals surface area contributed by atoms with E-state index in [4.69, 9.17) is 10.8 Å². The van der Waals surface area contributed by atoms with Crippen molar-refractivity contribution in [3.63, 3.8) is 0 Å². The van der Waals surface area contributed by atoms with Gasteiger partial charge in [-0.1, -0.05) is 32.9 Å². The van der Waals surface area contributed by atoms with E-state index in [1.807, 2.05) is 19.9 Å². The summed E-state index contributed by atoms with van der Waals surface area (Å²) in [4.78, 5) is 0. The molecule has 0 aromatic rings. The van der Waals surface area contributed by atoms with Crippen molar-refractivity contribution >= 4 is 0 Å². The molecule has 1 atom stereocenters. The highest BCUT2D eigenvalue weighted by Crippen LogP contribution is 2.17. The monoisotopic (exact) mass is 212 g/mol.